The Morgan fingerprint density at radius 2 is 1.50 bits per heavy atom. The highest BCUT2D eigenvalue weighted by Crippen LogP contribution is 2.08. The summed E-state index contributed by atoms with van der Waals surface area (Å²) in [5, 5.41) is 8.35. The van der Waals surface area contributed by atoms with Crippen molar-refractivity contribution in [1.29, 1.82) is 0 Å². The first kappa shape index (κ1) is 15.4. The summed E-state index contributed by atoms with van der Waals surface area (Å²) < 4.78 is 0. The molecule has 0 atom stereocenters. The van der Waals surface area contributed by atoms with E-state index in [4.69, 9.17) is 0 Å². The summed E-state index contributed by atoms with van der Waals surface area (Å²) in [6.07, 6.45) is 11.2. The van der Waals surface area contributed by atoms with Crippen molar-refractivity contribution in [3.63, 3.8) is 0 Å². The molecule has 0 radical (unpaired) electrons. The third-order valence-electron chi connectivity index (χ3n) is 2.26. The van der Waals surface area contributed by atoms with Crippen molar-refractivity contribution in [3.8, 4) is 0 Å². The van der Waals surface area contributed by atoms with Crippen molar-refractivity contribution in [1.82, 2.24) is 0 Å². The van der Waals surface area contributed by atoms with Crippen LogP contribution in [0.4, 0.5) is 0 Å². The fourth-order valence-electron chi connectivity index (χ4n) is 1.39. The minimum absolute atomic E-state index is 0.523. The molecule has 0 N–H and O–H groups in total. The smallest absolute Gasteiger partial charge is 0.125 e. The van der Waals surface area contributed by atoms with Crippen molar-refractivity contribution in [2.75, 3.05) is 6.61 Å². The van der Waals surface area contributed by atoms with Crippen molar-refractivity contribution in [2.45, 2.75) is 58.3 Å². The molecule has 0 aromatic rings. The molecule has 0 aliphatic heterocycles. The van der Waals surface area contributed by atoms with Crippen molar-refractivity contribution in [2.24, 2.45) is 0 Å². The van der Waals surface area contributed by atoms with Crippen LogP contribution in [-0.4, -0.2) is 6.61 Å². The Bertz CT molecular complexity index is 139. The summed E-state index contributed by atoms with van der Waals surface area (Å²) >= 11 is 0. The van der Waals surface area contributed by atoms with Crippen LogP contribution in [0.25, 0.3) is 0 Å². The Morgan fingerprint density at radius 3 is 2.12 bits per heavy atom. The van der Waals surface area contributed by atoms with Gasteiger partial charge in [0.1, 0.15) is 6.26 Å². The first-order valence-corrected chi connectivity index (χ1v) is 6.14. The van der Waals surface area contributed by atoms with E-state index in [1.807, 2.05) is 0 Å². The average Bonchev–Trinajstić information content (AvgIpc) is 2.31. The third kappa shape index (κ3) is 13.4. The molecular formula is C12H24O4. The van der Waals surface area contributed by atoms with Gasteiger partial charge >= 0.3 is 0 Å². The third-order valence-corrected chi connectivity index (χ3v) is 2.26. The summed E-state index contributed by atoms with van der Waals surface area (Å²) in [5.74, 6) is 0. The summed E-state index contributed by atoms with van der Waals surface area (Å²) in [5.41, 5.74) is 0. The lowest BCUT2D eigenvalue weighted by atomic mass is 10.1. The predicted octanol–water partition coefficient (Wildman–Crippen LogP) is 4.08. The first-order chi connectivity index (χ1) is 7.91. The largest absolute Gasteiger partial charge is 0.315 e. The highest BCUT2D eigenvalue weighted by molar-refractivity contribution is 4.45. The van der Waals surface area contributed by atoms with Gasteiger partial charge in [-0.1, -0.05) is 58.4 Å². The second kappa shape index (κ2) is 14.4. The monoisotopic (exact) mass is 232 g/mol. The van der Waals surface area contributed by atoms with Crippen molar-refractivity contribution in [3.05, 3.63) is 12.8 Å². The standard InChI is InChI=1S/C12H24O4/c1-3-5-6-7-8-9-10-11-12-14-16-15-13-4-2/h4H,2-3,5-12H2,1H3. The van der Waals surface area contributed by atoms with E-state index in [1.54, 1.807) is 0 Å². The van der Waals surface area contributed by atoms with Gasteiger partial charge in [-0.2, -0.15) is 0 Å². The van der Waals surface area contributed by atoms with Gasteiger partial charge in [-0.25, -0.2) is 4.89 Å². The molecule has 0 saturated carbocycles. The Hall–Kier alpha value is -0.580. The average molecular weight is 232 g/mol. The van der Waals surface area contributed by atoms with Gasteiger partial charge in [0.05, 0.1) is 6.61 Å². The van der Waals surface area contributed by atoms with Gasteiger partial charge in [0.15, 0.2) is 0 Å². The van der Waals surface area contributed by atoms with Crippen LogP contribution in [0.5, 0.6) is 0 Å². The molecule has 0 aliphatic rings. The van der Waals surface area contributed by atoms with Crippen LogP contribution in [0.1, 0.15) is 58.3 Å². The van der Waals surface area contributed by atoms with Crippen molar-refractivity contribution >= 4 is 0 Å². The molecule has 0 rings (SSSR count). The molecule has 16 heavy (non-hydrogen) atoms. The van der Waals surface area contributed by atoms with E-state index < -0.39 is 0 Å². The zero-order valence-electron chi connectivity index (χ0n) is 10.3. The van der Waals surface area contributed by atoms with Crippen LogP contribution in [0.15, 0.2) is 12.8 Å². The molecule has 0 spiro atoms. The second-order valence-electron chi connectivity index (χ2n) is 3.70. The molecule has 96 valence electrons. The highest BCUT2D eigenvalue weighted by Gasteiger charge is 1.93. The second-order valence-corrected chi connectivity index (χ2v) is 3.70. The predicted molar refractivity (Wildman–Crippen MR) is 62.0 cm³/mol. The quantitative estimate of drug-likeness (QED) is 0.207. The molecule has 0 aromatic carbocycles. The van der Waals surface area contributed by atoms with E-state index in [-0.39, 0.29) is 0 Å². The van der Waals surface area contributed by atoms with Gasteiger partial charge < -0.3 is 4.89 Å². The Morgan fingerprint density at radius 1 is 0.875 bits per heavy atom. The zero-order valence-corrected chi connectivity index (χ0v) is 10.3. The minimum Gasteiger partial charge on any atom is -0.315 e. The SMILES string of the molecule is C=COOOOCCCCCCCCCC. The van der Waals surface area contributed by atoms with Crippen LogP contribution in [0.3, 0.4) is 0 Å². The van der Waals surface area contributed by atoms with E-state index in [9.17, 15) is 0 Å². The highest BCUT2D eigenvalue weighted by atomic mass is 17.7. The van der Waals surface area contributed by atoms with E-state index in [1.165, 1.54) is 38.5 Å². The molecule has 0 saturated heterocycles. The van der Waals surface area contributed by atoms with Gasteiger partial charge in [-0.05, 0) is 11.5 Å². The molecule has 4 nitrogen and oxygen atoms in total. The maximum atomic E-state index is 4.69. The molecular weight excluding hydrogens is 208 g/mol. The number of hydrogen-bond acceptors (Lipinski definition) is 4. The topological polar surface area (TPSA) is 36.9 Å². The lowest BCUT2D eigenvalue weighted by Crippen LogP contribution is -1.97. The van der Waals surface area contributed by atoms with Gasteiger partial charge in [0, 0.05) is 5.04 Å². The summed E-state index contributed by atoms with van der Waals surface area (Å²) in [6, 6.07) is 0. The Labute approximate surface area is 98.3 Å². The van der Waals surface area contributed by atoms with Crippen LogP contribution < -0.4 is 0 Å². The van der Waals surface area contributed by atoms with Gasteiger partial charge in [0.25, 0.3) is 0 Å². The van der Waals surface area contributed by atoms with Crippen molar-refractivity contribution < 1.29 is 19.9 Å². The van der Waals surface area contributed by atoms with Gasteiger partial charge in [-0.3, -0.25) is 0 Å². The van der Waals surface area contributed by atoms with E-state index >= 15 is 0 Å². The first-order valence-electron chi connectivity index (χ1n) is 6.14. The van der Waals surface area contributed by atoms with Crippen LogP contribution in [-0.2, 0) is 19.9 Å². The number of unbranched alkanes of at least 4 members (excludes halogenated alkanes) is 7. The van der Waals surface area contributed by atoms with Crippen LogP contribution in [0, 0.1) is 0 Å². The van der Waals surface area contributed by atoms with E-state index in [0.29, 0.717) is 6.61 Å². The lowest BCUT2D eigenvalue weighted by molar-refractivity contribution is -0.621. The normalized spacial score (nSPS) is 10.3. The fraction of sp³-hybridized carbons (Fsp3) is 0.833. The van der Waals surface area contributed by atoms with Crippen LogP contribution in [0.2, 0.25) is 0 Å². The summed E-state index contributed by atoms with van der Waals surface area (Å²) in [7, 11) is 0. The molecule has 0 unspecified atom stereocenters. The molecule has 0 amide bonds. The Kier molecular flexibility index (Phi) is 13.9. The number of rotatable bonds is 13. The maximum Gasteiger partial charge on any atom is 0.125 e. The zero-order chi connectivity index (χ0) is 11.9. The molecule has 0 fully saturated rings. The molecule has 0 bridgehead atoms. The molecule has 0 aromatic heterocycles. The fourth-order valence-corrected chi connectivity index (χ4v) is 1.39. The lowest BCUT2D eigenvalue weighted by Gasteiger charge is -2.01. The van der Waals surface area contributed by atoms with Gasteiger partial charge in [0.2, 0.25) is 0 Å². The summed E-state index contributed by atoms with van der Waals surface area (Å²) in [6.45, 7) is 6.02. The van der Waals surface area contributed by atoms with E-state index in [2.05, 4.69) is 33.4 Å². The molecule has 0 heterocycles. The molecule has 4 heteroatoms. The van der Waals surface area contributed by atoms with Crippen LogP contribution >= 0.6 is 0 Å². The Balaban J connectivity index is 2.85. The van der Waals surface area contributed by atoms with Gasteiger partial charge in [-0.15, -0.1) is 0 Å². The minimum atomic E-state index is 0.523. The number of hydrogen-bond donors (Lipinski definition) is 0. The molecule has 0 aliphatic carbocycles. The van der Waals surface area contributed by atoms with E-state index in [0.717, 1.165) is 19.1 Å². The summed E-state index contributed by atoms with van der Waals surface area (Å²) in [4.78, 5) is 8.92. The maximum absolute atomic E-state index is 4.69.